The van der Waals surface area contributed by atoms with E-state index >= 15 is 0 Å². The molecule has 128 valence electrons. The predicted octanol–water partition coefficient (Wildman–Crippen LogP) is 1.41. The first kappa shape index (κ1) is 19.2. The Morgan fingerprint density at radius 1 is 1.13 bits per heavy atom. The molecular formula is C15H21ClN2O5. The molecule has 0 saturated carbocycles. The second-order valence-electron chi connectivity index (χ2n) is 4.58. The van der Waals surface area contributed by atoms with Crippen molar-refractivity contribution in [2.24, 2.45) is 0 Å². The maximum absolute atomic E-state index is 12.3. The molecule has 8 heteroatoms. The fourth-order valence-electron chi connectivity index (χ4n) is 1.82. The van der Waals surface area contributed by atoms with Gasteiger partial charge in [-0.2, -0.15) is 0 Å². The second-order valence-corrected chi connectivity index (χ2v) is 5.01. The number of carbonyl (C=O) groups excluding carboxylic acids is 2. The Kier molecular flexibility index (Phi) is 8.39. The minimum Gasteiger partial charge on any atom is -0.495 e. The Labute approximate surface area is 140 Å². The van der Waals surface area contributed by atoms with E-state index in [4.69, 9.17) is 25.8 Å². The summed E-state index contributed by atoms with van der Waals surface area (Å²) in [6.07, 6.45) is 0. The Balaban J connectivity index is 2.81. The SMILES string of the molecule is COCCN(CCOC)C(=O)C(=O)Nc1cc(Cl)ccc1OC. The minimum atomic E-state index is -0.780. The summed E-state index contributed by atoms with van der Waals surface area (Å²) >= 11 is 5.90. The van der Waals surface area contributed by atoms with Gasteiger partial charge in [-0.15, -0.1) is 0 Å². The zero-order valence-corrected chi connectivity index (χ0v) is 14.2. The highest BCUT2D eigenvalue weighted by molar-refractivity contribution is 6.40. The maximum atomic E-state index is 12.3. The van der Waals surface area contributed by atoms with Gasteiger partial charge in [-0.05, 0) is 18.2 Å². The first-order valence-electron chi connectivity index (χ1n) is 6.95. The molecule has 0 spiro atoms. The van der Waals surface area contributed by atoms with Gasteiger partial charge in [0.1, 0.15) is 5.75 Å². The number of hydrogen-bond donors (Lipinski definition) is 1. The van der Waals surface area contributed by atoms with Gasteiger partial charge in [-0.25, -0.2) is 0 Å². The third kappa shape index (κ3) is 6.05. The standard InChI is InChI=1S/C15H21ClN2O5/c1-21-8-6-18(7-9-22-2)15(20)14(19)17-12-10-11(16)4-5-13(12)23-3/h4-5,10H,6-9H2,1-3H3,(H,17,19). The average molecular weight is 345 g/mol. The Morgan fingerprint density at radius 3 is 2.26 bits per heavy atom. The maximum Gasteiger partial charge on any atom is 0.314 e. The number of carbonyl (C=O) groups is 2. The summed E-state index contributed by atoms with van der Waals surface area (Å²) in [5.41, 5.74) is 0.330. The van der Waals surface area contributed by atoms with Crippen LogP contribution in [0.15, 0.2) is 18.2 Å². The van der Waals surface area contributed by atoms with Gasteiger partial charge in [0.25, 0.3) is 0 Å². The van der Waals surface area contributed by atoms with Crippen LogP contribution in [0.5, 0.6) is 5.75 Å². The van der Waals surface area contributed by atoms with E-state index in [1.807, 2.05) is 0 Å². The topological polar surface area (TPSA) is 77.1 Å². The first-order valence-corrected chi connectivity index (χ1v) is 7.33. The molecular weight excluding hydrogens is 324 g/mol. The number of amides is 2. The average Bonchev–Trinajstić information content (AvgIpc) is 2.54. The van der Waals surface area contributed by atoms with Crippen molar-refractivity contribution in [1.29, 1.82) is 0 Å². The molecule has 1 rings (SSSR count). The number of hydrogen-bond acceptors (Lipinski definition) is 5. The Bertz CT molecular complexity index is 531. The van der Waals surface area contributed by atoms with E-state index in [1.165, 1.54) is 32.3 Å². The molecule has 0 fully saturated rings. The number of nitrogens with one attached hydrogen (secondary N) is 1. The van der Waals surface area contributed by atoms with Crippen LogP contribution >= 0.6 is 11.6 Å². The molecule has 0 saturated heterocycles. The van der Waals surface area contributed by atoms with E-state index in [9.17, 15) is 9.59 Å². The lowest BCUT2D eigenvalue weighted by atomic mass is 10.3. The number of rotatable bonds is 8. The monoisotopic (exact) mass is 344 g/mol. The Hall–Kier alpha value is -1.83. The number of nitrogens with zero attached hydrogens (tertiary/aromatic N) is 1. The van der Waals surface area contributed by atoms with Gasteiger partial charge >= 0.3 is 11.8 Å². The van der Waals surface area contributed by atoms with Gasteiger partial charge in [0.2, 0.25) is 0 Å². The van der Waals surface area contributed by atoms with Crippen molar-refractivity contribution in [3.05, 3.63) is 23.2 Å². The van der Waals surface area contributed by atoms with Crippen molar-refractivity contribution in [2.45, 2.75) is 0 Å². The third-order valence-electron chi connectivity index (χ3n) is 3.02. The molecule has 0 bridgehead atoms. The molecule has 7 nitrogen and oxygen atoms in total. The highest BCUT2D eigenvalue weighted by atomic mass is 35.5. The van der Waals surface area contributed by atoms with Crippen LogP contribution in [0.25, 0.3) is 0 Å². The van der Waals surface area contributed by atoms with Crippen LogP contribution < -0.4 is 10.1 Å². The first-order chi connectivity index (χ1) is 11.0. The molecule has 0 aliphatic carbocycles. The lowest BCUT2D eigenvalue weighted by Crippen LogP contribution is -2.43. The van der Waals surface area contributed by atoms with E-state index in [0.29, 0.717) is 42.8 Å². The highest BCUT2D eigenvalue weighted by Gasteiger charge is 2.22. The molecule has 1 N–H and O–H groups in total. The number of benzene rings is 1. The summed E-state index contributed by atoms with van der Waals surface area (Å²) in [6.45, 7) is 1.23. The number of anilines is 1. The molecule has 0 unspecified atom stereocenters. The van der Waals surface area contributed by atoms with Gasteiger partial charge < -0.3 is 24.4 Å². The third-order valence-corrected chi connectivity index (χ3v) is 3.26. The van der Waals surface area contributed by atoms with E-state index in [-0.39, 0.29) is 0 Å². The van der Waals surface area contributed by atoms with Crippen LogP contribution in [0.4, 0.5) is 5.69 Å². The molecule has 0 heterocycles. The van der Waals surface area contributed by atoms with Gasteiger partial charge in [0.05, 0.1) is 26.0 Å². The molecule has 0 aromatic heterocycles. The normalized spacial score (nSPS) is 10.3. The lowest BCUT2D eigenvalue weighted by molar-refractivity contribution is -0.144. The van der Waals surface area contributed by atoms with Gasteiger partial charge in [0, 0.05) is 32.3 Å². The van der Waals surface area contributed by atoms with Crippen molar-refractivity contribution in [3.63, 3.8) is 0 Å². The molecule has 0 atom stereocenters. The zero-order valence-electron chi connectivity index (χ0n) is 13.4. The van der Waals surface area contributed by atoms with Crippen LogP contribution in [0.1, 0.15) is 0 Å². The predicted molar refractivity (Wildman–Crippen MR) is 87.0 cm³/mol. The molecule has 0 aliphatic rings. The van der Waals surface area contributed by atoms with Crippen LogP contribution in [0.2, 0.25) is 5.02 Å². The zero-order chi connectivity index (χ0) is 17.2. The summed E-state index contributed by atoms with van der Waals surface area (Å²) in [5.74, 6) is -1.05. The molecule has 0 aliphatic heterocycles. The van der Waals surface area contributed by atoms with Crippen LogP contribution in [-0.2, 0) is 19.1 Å². The van der Waals surface area contributed by atoms with Crippen LogP contribution in [0.3, 0.4) is 0 Å². The summed E-state index contributed by atoms with van der Waals surface area (Å²) in [7, 11) is 4.51. The van der Waals surface area contributed by atoms with Gasteiger partial charge in [0.15, 0.2) is 0 Å². The number of ether oxygens (including phenoxy) is 3. The second kappa shape index (κ2) is 10.0. The van der Waals surface area contributed by atoms with E-state index < -0.39 is 11.8 Å². The summed E-state index contributed by atoms with van der Waals surface area (Å²) < 4.78 is 15.0. The molecule has 0 radical (unpaired) electrons. The highest BCUT2D eigenvalue weighted by Crippen LogP contribution is 2.27. The van der Waals surface area contributed by atoms with Crippen molar-refractivity contribution in [3.8, 4) is 5.75 Å². The van der Waals surface area contributed by atoms with Crippen LogP contribution in [0, 0.1) is 0 Å². The minimum absolute atomic E-state index is 0.290. The molecule has 2 amide bonds. The number of halogens is 1. The van der Waals surface area contributed by atoms with E-state index in [0.717, 1.165) is 0 Å². The fourth-order valence-corrected chi connectivity index (χ4v) is 1.99. The largest absolute Gasteiger partial charge is 0.495 e. The van der Waals surface area contributed by atoms with Gasteiger partial charge in [-0.3, -0.25) is 9.59 Å². The fraction of sp³-hybridized carbons (Fsp3) is 0.467. The van der Waals surface area contributed by atoms with Crippen molar-refractivity contribution < 1.29 is 23.8 Å². The van der Waals surface area contributed by atoms with E-state index in [1.54, 1.807) is 12.1 Å². The number of methoxy groups -OCH3 is 3. The Morgan fingerprint density at radius 2 is 1.74 bits per heavy atom. The summed E-state index contributed by atoms with van der Waals surface area (Å²) in [6, 6.07) is 4.75. The van der Waals surface area contributed by atoms with Crippen LogP contribution in [-0.4, -0.2) is 64.3 Å². The molecule has 1 aromatic rings. The lowest BCUT2D eigenvalue weighted by Gasteiger charge is -2.21. The quantitative estimate of drug-likeness (QED) is 0.721. The van der Waals surface area contributed by atoms with Crippen molar-refractivity contribution in [2.75, 3.05) is 52.9 Å². The summed E-state index contributed by atoms with van der Waals surface area (Å²) in [5, 5.41) is 2.93. The summed E-state index contributed by atoms with van der Waals surface area (Å²) in [4.78, 5) is 25.8. The van der Waals surface area contributed by atoms with Crippen molar-refractivity contribution >= 4 is 29.1 Å². The van der Waals surface area contributed by atoms with Crippen molar-refractivity contribution in [1.82, 2.24) is 4.90 Å². The molecule has 1 aromatic carbocycles. The molecule has 23 heavy (non-hydrogen) atoms. The van der Waals surface area contributed by atoms with Gasteiger partial charge in [-0.1, -0.05) is 11.6 Å². The smallest absolute Gasteiger partial charge is 0.314 e. The van der Waals surface area contributed by atoms with E-state index in [2.05, 4.69) is 5.32 Å².